The molecule has 1 aliphatic heterocycles. The summed E-state index contributed by atoms with van der Waals surface area (Å²) in [6.45, 7) is 9.80. The minimum Gasteiger partial charge on any atom is -0.431 e. The molecule has 5 aliphatic rings. The number of rotatable bonds is 5. The molecule has 0 bridgehead atoms. The first kappa shape index (κ1) is 25.3. The molecule has 1 N–H and O–H groups in total. The lowest BCUT2D eigenvalue weighted by Crippen LogP contribution is -2.60. The molecule has 7 nitrogen and oxygen atoms in total. The van der Waals surface area contributed by atoms with Crippen LogP contribution in [0.25, 0.3) is 0 Å². The van der Waals surface area contributed by atoms with Gasteiger partial charge < -0.3 is 19.1 Å². The van der Waals surface area contributed by atoms with Gasteiger partial charge in [0.2, 0.25) is 0 Å². The second-order valence-electron chi connectivity index (χ2n) is 12.6. The predicted molar refractivity (Wildman–Crippen MR) is 142 cm³/mol. The van der Waals surface area contributed by atoms with Gasteiger partial charge in [-0.1, -0.05) is 24.6 Å². The van der Waals surface area contributed by atoms with Crippen molar-refractivity contribution in [3.8, 4) is 0 Å². The first-order chi connectivity index (χ1) is 17.8. The highest BCUT2D eigenvalue weighted by Gasteiger charge is 2.66. The Morgan fingerprint density at radius 1 is 1.08 bits per heavy atom. The van der Waals surface area contributed by atoms with Crippen molar-refractivity contribution in [3.05, 3.63) is 46.0 Å². The molecule has 0 unspecified atom stereocenters. The van der Waals surface area contributed by atoms with Gasteiger partial charge in [-0.15, -0.1) is 0 Å². The first-order valence-corrected chi connectivity index (χ1v) is 14.3. The Bertz CT molecular complexity index is 1100. The Morgan fingerprint density at radius 2 is 1.92 bits per heavy atom. The molecule has 7 heteroatoms. The van der Waals surface area contributed by atoms with E-state index >= 15 is 0 Å². The van der Waals surface area contributed by atoms with E-state index in [4.69, 9.17) is 14.0 Å². The van der Waals surface area contributed by atoms with Gasteiger partial charge in [0.25, 0.3) is 0 Å². The Balaban J connectivity index is 1.16. The lowest BCUT2D eigenvalue weighted by molar-refractivity contribution is -0.176. The zero-order chi connectivity index (χ0) is 25.7. The van der Waals surface area contributed by atoms with E-state index in [2.05, 4.69) is 30.0 Å². The molecule has 1 aromatic rings. The van der Waals surface area contributed by atoms with Gasteiger partial charge in [0.15, 0.2) is 0 Å². The predicted octanol–water partition coefficient (Wildman–Crippen LogP) is 4.51. The Morgan fingerprint density at radius 3 is 2.70 bits per heavy atom. The maximum atomic E-state index is 12.4. The van der Waals surface area contributed by atoms with Gasteiger partial charge in [-0.3, -0.25) is 4.90 Å². The van der Waals surface area contributed by atoms with Gasteiger partial charge in [-0.2, -0.15) is 0 Å². The normalized spacial score (nSPS) is 41.0. The molecular weight excluding hydrogens is 468 g/mol. The van der Waals surface area contributed by atoms with E-state index in [0.717, 1.165) is 95.5 Å². The Labute approximate surface area is 219 Å². The van der Waals surface area contributed by atoms with Gasteiger partial charge in [0, 0.05) is 31.1 Å². The molecular formula is C30H42N2O5. The molecule has 4 aliphatic carbocycles. The van der Waals surface area contributed by atoms with Crippen LogP contribution in [-0.2, 0) is 9.57 Å². The number of morpholine rings is 1. The molecule has 0 radical (unpaired) electrons. The van der Waals surface area contributed by atoms with Gasteiger partial charge in [0.05, 0.1) is 30.8 Å². The molecule has 0 aromatic carbocycles. The fraction of sp³-hybridized carbons (Fsp3) is 0.733. The minimum atomic E-state index is -0.678. The van der Waals surface area contributed by atoms with Crippen molar-refractivity contribution in [1.29, 1.82) is 0 Å². The van der Waals surface area contributed by atoms with Crippen LogP contribution in [0.3, 0.4) is 0 Å². The zero-order valence-corrected chi connectivity index (χ0v) is 22.4. The van der Waals surface area contributed by atoms with Crippen LogP contribution in [-0.4, -0.2) is 60.8 Å². The van der Waals surface area contributed by atoms with Crippen molar-refractivity contribution in [2.24, 2.45) is 27.8 Å². The maximum Gasteiger partial charge on any atom is 0.335 e. The average molecular weight is 511 g/mol. The summed E-state index contributed by atoms with van der Waals surface area (Å²) in [5.74, 6) is 1.02. The van der Waals surface area contributed by atoms with E-state index in [1.165, 1.54) is 11.6 Å². The summed E-state index contributed by atoms with van der Waals surface area (Å²) in [6.07, 6.45) is 11.9. The number of hydrogen-bond donors (Lipinski definition) is 1. The van der Waals surface area contributed by atoms with E-state index in [9.17, 15) is 9.90 Å². The van der Waals surface area contributed by atoms with E-state index in [0.29, 0.717) is 18.4 Å². The Hall–Kier alpha value is -1.96. The molecule has 37 heavy (non-hydrogen) atoms. The van der Waals surface area contributed by atoms with Crippen LogP contribution in [0.2, 0.25) is 0 Å². The molecule has 0 spiro atoms. The lowest BCUT2D eigenvalue weighted by atomic mass is 9.45. The minimum absolute atomic E-state index is 0.115. The molecule has 1 saturated heterocycles. The van der Waals surface area contributed by atoms with Crippen LogP contribution >= 0.6 is 0 Å². The van der Waals surface area contributed by atoms with E-state index in [1.807, 2.05) is 6.07 Å². The summed E-state index contributed by atoms with van der Waals surface area (Å²) < 4.78 is 10.6. The third kappa shape index (κ3) is 4.22. The smallest absolute Gasteiger partial charge is 0.335 e. The molecule has 202 valence electrons. The fourth-order valence-corrected chi connectivity index (χ4v) is 8.84. The summed E-state index contributed by atoms with van der Waals surface area (Å²) in [6, 6.07) is 3.43. The number of hydrogen-bond acceptors (Lipinski definition) is 7. The van der Waals surface area contributed by atoms with Crippen molar-refractivity contribution in [2.75, 3.05) is 39.5 Å². The monoisotopic (exact) mass is 510 g/mol. The highest BCUT2D eigenvalue weighted by atomic mass is 16.6. The van der Waals surface area contributed by atoms with Crippen LogP contribution < -0.4 is 5.63 Å². The number of ether oxygens (including phenoxy) is 1. The first-order valence-electron chi connectivity index (χ1n) is 14.3. The number of fused-ring (bicyclic) bond motifs is 5. The van der Waals surface area contributed by atoms with Crippen LogP contribution in [0.1, 0.15) is 76.7 Å². The number of oxime groups is 1. The van der Waals surface area contributed by atoms with Crippen LogP contribution in [0.5, 0.6) is 0 Å². The van der Waals surface area contributed by atoms with Gasteiger partial charge in [-0.05, 0) is 92.2 Å². The summed E-state index contributed by atoms with van der Waals surface area (Å²) in [5, 5.41) is 16.9. The molecule has 4 fully saturated rings. The van der Waals surface area contributed by atoms with Gasteiger partial charge in [0.1, 0.15) is 6.61 Å². The van der Waals surface area contributed by atoms with Crippen molar-refractivity contribution >= 4 is 5.71 Å². The van der Waals surface area contributed by atoms with Gasteiger partial charge in [-0.25, -0.2) is 4.79 Å². The summed E-state index contributed by atoms with van der Waals surface area (Å²) in [5.41, 5.74) is 2.56. The van der Waals surface area contributed by atoms with Crippen LogP contribution in [0.15, 0.2) is 44.4 Å². The second kappa shape index (κ2) is 9.65. The zero-order valence-electron chi connectivity index (χ0n) is 22.4. The average Bonchev–Trinajstić information content (AvgIpc) is 3.19. The summed E-state index contributed by atoms with van der Waals surface area (Å²) in [7, 11) is 0. The Kier molecular flexibility index (Phi) is 6.61. The van der Waals surface area contributed by atoms with Crippen molar-refractivity contribution in [2.45, 2.75) is 76.7 Å². The van der Waals surface area contributed by atoms with Crippen LogP contribution in [0, 0.1) is 22.7 Å². The SMILES string of the molecule is C[C@]12CC/C(=N\OCCN3CCOCC3)C=C1CC[C@@H]1[C@@H]2CC[C@]2(C)[C@@H](c3ccc(=O)oc3)CC[C@]12O. The second-order valence-corrected chi connectivity index (χ2v) is 12.6. The quantitative estimate of drug-likeness (QED) is 0.464. The highest BCUT2D eigenvalue weighted by molar-refractivity contribution is 5.96. The molecule has 6 atom stereocenters. The lowest BCUT2D eigenvalue weighted by Gasteiger charge is -2.61. The largest absolute Gasteiger partial charge is 0.431 e. The van der Waals surface area contributed by atoms with Crippen molar-refractivity contribution in [3.63, 3.8) is 0 Å². The molecule has 6 rings (SSSR count). The van der Waals surface area contributed by atoms with E-state index in [1.54, 1.807) is 6.26 Å². The third-order valence-electron chi connectivity index (χ3n) is 11.1. The van der Waals surface area contributed by atoms with Crippen molar-refractivity contribution in [1.82, 2.24) is 4.90 Å². The topological polar surface area (TPSA) is 84.5 Å². The maximum absolute atomic E-state index is 12.4. The molecule has 0 amide bonds. The summed E-state index contributed by atoms with van der Waals surface area (Å²) >= 11 is 0. The van der Waals surface area contributed by atoms with Gasteiger partial charge >= 0.3 is 5.63 Å². The molecule has 1 aromatic heterocycles. The number of nitrogens with zero attached hydrogens (tertiary/aromatic N) is 2. The number of aliphatic hydroxyl groups is 1. The molecule has 2 heterocycles. The van der Waals surface area contributed by atoms with Crippen LogP contribution in [0.4, 0.5) is 0 Å². The van der Waals surface area contributed by atoms with E-state index in [-0.39, 0.29) is 22.4 Å². The highest BCUT2D eigenvalue weighted by Crippen LogP contribution is 2.69. The number of allylic oxidation sites excluding steroid dienone is 2. The standard InChI is InChI=1S/C30H42N2O5/c1-28-10-7-23(31-37-18-15-32-13-16-35-17-14-32)19-22(28)4-5-26-25(28)8-11-29(2)24(9-12-30(26,29)34)21-3-6-27(33)36-20-21/h3,6,19-20,24-26,34H,4-5,7-18H2,1-2H3/b31-23+/t24-,25+,26-,28+,29-,30+/m1/s1. The third-order valence-corrected chi connectivity index (χ3v) is 11.1. The van der Waals surface area contributed by atoms with Crippen molar-refractivity contribution < 1.29 is 19.1 Å². The fourth-order valence-electron chi connectivity index (χ4n) is 8.84. The summed E-state index contributed by atoms with van der Waals surface area (Å²) in [4.78, 5) is 19.6. The van der Waals surface area contributed by atoms with E-state index < -0.39 is 5.60 Å². The molecule has 3 saturated carbocycles.